The molecule has 1 aliphatic rings. The molecule has 0 radical (unpaired) electrons. The molecule has 0 bridgehead atoms. The van der Waals surface area contributed by atoms with Crippen molar-refractivity contribution in [2.24, 2.45) is 11.7 Å². The lowest BCUT2D eigenvalue weighted by Gasteiger charge is -2.35. The molecule has 0 aliphatic heterocycles. The van der Waals surface area contributed by atoms with E-state index in [1.807, 2.05) is 6.92 Å². The average Bonchev–Trinajstić information content (AvgIpc) is 2.78. The molecule has 1 aliphatic carbocycles. The molecule has 188 valence electrons. The number of carbonyl (C=O) groups is 2. The standard InChI is InChI=1S/C24H28F2N4O5/c1-3-4-17(13-5-7-16(8-6-13)35-24(25)26)18-9-10-19(22(27)31)20(21(18)30(33)34)29-15-11-14(12-15)23(32)28-2/h5-10,14-15,17,24,29H,3-4,11-12H2,1-2H3,(H2,27,31)(H,28,32)/t14?,15?,17-/m0/s1. The van der Waals surface area contributed by atoms with Gasteiger partial charge in [0.1, 0.15) is 11.4 Å². The van der Waals surface area contributed by atoms with Crippen LogP contribution in [0.3, 0.4) is 0 Å². The summed E-state index contributed by atoms with van der Waals surface area (Å²) in [4.78, 5) is 35.7. The number of nitrogens with zero attached hydrogens (tertiary/aromatic N) is 1. The van der Waals surface area contributed by atoms with Crippen LogP contribution in [0.1, 0.15) is 60.0 Å². The number of amides is 2. The molecule has 9 nitrogen and oxygen atoms in total. The fourth-order valence-corrected chi connectivity index (χ4v) is 4.47. The van der Waals surface area contributed by atoms with Crippen molar-refractivity contribution in [2.45, 2.75) is 51.2 Å². The first-order valence-corrected chi connectivity index (χ1v) is 11.3. The lowest BCUT2D eigenvalue weighted by Crippen LogP contribution is -2.43. The molecule has 2 aromatic rings. The number of nitrogens with two attached hydrogens (primary N) is 1. The summed E-state index contributed by atoms with van der Waals surface area (Å²) < 4.78 is 29.4. The number of benzene rings is 2. The van der Waals surface area contributed by atoms with Gasteiger partial charge in [-0.1, -0.05) is 31.5 Å². The highest BCUT2D eigenvalue weighted by Crippen LogP contribution is 2.43. The van der Waals surface area contributed by atoms with E-state index in [1.165, 1.54) is 24.3 Å². The SMILES string of the molecule is CCC[C@@H](c1ccc(OC(F)F)cc1)c1ccc(C(N)=O)c(NC2CC(C(=O)NC)C2)c1[N+](=O)[O-]. The second-order valence-corrected chi connectivity index (χ2v) is 8.46. The molecule has 0 spiro atoms. The number of primary amides is 1. The summed E-state index contributed by atoms with van der Waals surface area (Å²) in [5.74, 6) is -1.59. The van der Waals surface area contributed by atoms with Gasteiger partial charge in [0, 0.05) is 30.5 Å². The van der Waals surface area contributed by atoms with Crippen molar-refractivity contribution in [1.82, 2.24) is 5.32 Å². The minimum absolute atomic E-state index is 0.0141. The van der Waals surface area contributed by atoms with Crippen molar-refractivity contribution >= 4 is 23.2 Å². The summed E-state index contributed by atoms with van der Waals surface area (Å²) in [5, 5.41) is 17.9. The van der Waals surface area contributed by atoms with Gasteiger partial charge in [-0.15, -0.1) is 0 Å². The van der Waals surface area contributed by atoms with E-state index in [9.17, 15) is 28.5 Å². The van der Waals surface area contributed by atoms with Crippen LogP contribution in [-0.4, -0.2) is 36.4 Å². The summed E-state index contributed by atoms with van der Waals surface area (Å²) in [6, 6.07) is 8.70. The zero-order valence-electron chi connectivity index (χ0n) is 19.4. The van der Waals surface area contributed by atoms with E-state index in [0.717, 1.165) is 0 Å². The van der Waals surface area contributed by atoms with Crippen molar-refractivity contribution in [3.63, 3.8) is 0 Å². The topological polar surface area (TPSA) is 137 Å². The minimum atomic E-state index is -2.96. The zero-order chi connectivity index (χ0) is 25.7. The number of hydrogen-bond acceptors (Lipinski definition) is 6. The second kappa shape index (κ2) is 11.1. The maximum atomic E-state index is 12.5. The van der Waals surface area contributed by atoms with Crippen LogP contribution in [0.2, 0.25) is 0 Å². The summed E-state index contributed by atoms with van der Waals surface area (Å²) in [6.07, 6.45) is 2.15. The van der Waals surface area contributed by atoms with Crippen molar-refractivity contribution in [1.29, 1.82) is 0 Å². The van der Waals surface area contributed by atoms with Gasteiger partial charge in [0.05, 0.1) is 10.5 Å². The third-order valence-corrected chi connectivity index (χ3v) is 6.22. The molecule has 0 saturated heterocycles. The van der Waals surface area contributed by atoms with Crippen LogP contribution in [0, 0.1) is 16.0 Å². The van der Waals surface area contributed by atoms with Crippen LogP contribution < -0.4 is 21.1 Å². The Balaban J connectivity index is 2.02. The lowest BCUT2D eigenvalue weighted by atomic mass is 9.79. The molecule has 4 N–H and O–H groups in total. The van der Waals surface area contributed by atoms with Crippen molar-refractivity contribution in [3.05, 3.63) is 63.2 Å². The summed E-state index contributed by atoms with van der Waals surface area (Å²) in [5.41, 5.74) is 6.32. The number of halogens is 2. The molecule has 35 heavy (non-hydrogen) atoms. The number of rotatable bonds is 11. The van der Waals surface area contributed by atoms with Crippen LogP contribution in [0.25, 0.3) is 0 Å². The van der Waals surface area contributed by atoms with E-state index in [4.69, 9.17) is 5.73 Å². The van der Waals surface area contributed by atoms with E-state index >= 15 is 0 Å². The first-order valence-electron chi connectivity index (χ1n) is 11.3. The number of carbonyl (C=O) groups excluding carboxylic acids is 2. The molecule has 0 heterocycles. The van der Waals surface area contributed by atoms with Crippen molar-refractivity contribution < 1.29 is 28.0 Å². The minimum Gasteiger partial charge on any atom is -0.435 e. The van der Waals surface area contributed by atoms with E-state index < -0.39 is 23.4 Å². The fraction of sp³-hybridized carbons (Fsp3) is 0.417. The van der Waals surface area contributed by atoms with Gasteiger partial charge in [-0.3, -0.25) is 19.7 Å². The molecular weight excluding hydrogens is 462 g/mol. The molecule has 2 aromatic carbocycles. The number of alkyl halides is 2. The van der Waals surface area contributed by atoms with Gasteiger partial charge >= 0.3 is 6.61 Å². The molecule has 0 unspecified atom stereocenters. The Morgan fingerprint density at radius 3 is 2.37 bits per heavy atom. The Morgan fingerprint density at radius 2 is 1.86 bits per heavy atom. The first kappa shape index (κ1) is 25.9. The predicted molar refractivity (Wildman–Crippen MR) is 126 cm³/mol. The Morgan fingerprint density at radius 1 is 1.20 bits per heavy atom. The van der Waals surface area contributed by atoms with Gasteiger partial charge in [0.2, 0.25) is 5.91 Å². The second-order valence-electron chi connectivity index (χ2n) is 8.46. The summed E-state index contributed by atoms with van der Waals surface area (Å²) >= 11 is 0. The molecule has 1 atom stereocenters. The molecule has 1 fully saturated rings. The molecule has 0 aromatic heterocycles. The number of nitrogens with one attached hydrogen (secondary N) is 2. The number of hydrogen-bond donors (Lipinski definition) is 3. The Hall–Kier alpha value is -3.76. The maximum Gasteiger partial charge on any atom is 0.387 e. The van der Waals surface area contributed by atoms with Crippen LogP contribution in [0.4, 0.5) is 20.2 Å². The van der Waals surface area contributed by atoms with Crippen LogP contribution in [0.15, 0.2) is 36.4 Å². The van der Waals surface area contributed by atoms with Gasteiger partial charge in [-0.25, -0.2) is 0 Å². The molecule has 3 rings (SSSR count). The van der Waals surface area contributed by atoms with Crippen LogP contribution in [0.5, 0.6) is 5.75 Å². The van der Waals surface area contributed by atoms with Gasteiger partial charge in [-0.2, -0.15) is 8.78 Å². The Kier molecular flexibility index (Phi) is 8.21. The largest absolute Gasteiger partial charge is 0.435 e. The summed E-state index contributed by atoms with van der Waals surface area (Å²) in [6.45, 7) is -1.03. The van der Waals surface area contributed by atoms with Gasteiger partial charge < -0.3 is 21.1 Å². The zero-order valence-corrected chi connectivity index (χ0v) is 19.4. The Labute approximate surface area is 201 Å². The van der Waals surface area contributed by atoms with Crippen molar-refractivity contribution in [3.8, 4) is 5.75 Å². The van der Waals surface area contributed by atoms with Crippen LogP contribution >= 0.6 is 0 Å². The predicted octanol–water partition coefficient (Wildman–Crippen LogP) is 4.16. The number of anilines is 1. The smallest absolute Gasteiger partial charge is 0.387 e. The highest BCUT2D eigenvalue weighted by Gasteiger charge is 2.37. The van der Waals surface area contributed by atoms with Crippen LogP contribution in [-0.2, 0) is 4.79 Å². The monoisotopic (exact) mass is 490 g/mol. The van der Waals surface area contributed by atoms with Crippen molar-refractivity contribution in [2.75, 3.05) is 12.4 Å². The number of ether oxygens (including phenoxy) is 1. The molecular formula is C24H28F2N4O5. The normalized spacial score (nSPS) is 17.9. The Bertz CT molecular complexity index is 1090. The highest BCUT2D eigenvalue weighted by molar-refractivity contribution is 6.01. The third kappa shape index (κ3) is 5.84. The van der Waals surface area contributed by atoms with E-state index in [0.29, 0.717) is 36.8 Å². The van der Waals surface area contributed by atoms with E-state index in [-0.39, 0.29) is 40.6 Å². The quantitative estimate of drug-likeness (QED) is 0.320. The van der Waals surface area contributed by atoms with Gasteiger partial charge in [-0.05, 0) is 43.0 Å². The summed E-state index contributed by atoms with van der Waals surface area (Å²) in [7, 11) is 1.54. The maximum absolute atomic E-state index is 12.5. The molecule has 11 heteroatoms. The number of nitro groups is 1. The first-order chi connectivity index (χ1) is 16.7. The van der Waals surface area contributed by atoms with Gasteiger partial charge in [0.25, 0.3) is 11.6 Å². The lowest BCUT2D eigenvalue weighted by molar-refractivity contribution is -0.384. The van der Waals surface area contributed by atoms with Gasteiger partial charge in [0.15, 0.2) is 0 Å². The van der Waals surface area contributed by atoms with E-state index in [2.05, 4.69) is 15.4 Å². The third-order valence-electron chi connectivity index (χ3n) is 6.22. The molecule has 2 amide bonds. The average molecular weight is 491 g/mol. The highest BCUT2D eigenvalue weighted by atomic mass is 19.3. The molecule has 1 saturated carbocycles. The van der Waals surface area contributed by atoms with E-state index in [1.54, 1.807) is 19.2 Å². The number of nitro benzene ring substituents is 1. The fourth-order valence-electron chi connectivity index (χ4n) is 4.47.